The van der Waals surface area contributed by atoms with Gasteiger partial charge in [-0.1, -0.05) is 13.8 Å². The molecule has 6 nitrogen and oxygen atoms in total. The smallest absolute Gasteiger partial charge is 0.329 e. The fraction of sp³-hybridized carbons (Fsp3) is 0.769. The van der Waals surface area contributed by atoms with Crippen molar-refractivity contribution in [2.24, 2.45) is 5.92 Å². The van der Waals surface area contributed by atoms with Crippen LogP contribution in [-0.4, -0.2) is 52.6 Å². The number of aliphatic carboxylic acids is 1. The van der Waals surface area contributed by atoms with Crippen LogP contribution in [0.5, 0.6) is 0 Å². The molecule has 0 aliphatic rings. The van der Waals surface area contributed by atoms with E-state index in [9.17, 15) is 9.59 Å². The number of likely N-dealkylation sites (N-methyl/N-ethyl adjacent to an activating group) is 1. The molecule has 6 heteroatoms. The molecule has 1 N–H and O–H groups in total. The second-order valence-corrected chi connectivity index (χ2v) is 5.45. The maximum atomic E-state index is 12.3. The first-order valence-electron chi connectivity index (χ1n) is 6.27. The third-order valence-corrected chi connectivity index (χ3v) is 3.00. The highest BCUT2D eigenvalue weighted by atomic mass is 16.4. The zero-order chi connectivity index (χ0) is 15.2. The summed E-state index contributed by atoms with van der Waals surface area (Å²) in [4.78, 5) is 26.2. The molecule has 0 fully saturated rings. The Morgan fingerprint density at radius 2 is 1.89 bits per heavy atom. The van der Waals surface area contributed by atoms with E-state index >= 15 is 0 Å². The quantitative estimate of drug-likeness (QED) is 0.796. The first-order chi connectivity index (χ1) is 8.64. The van der Waals surface area contributed by atoms with Gasteiger partial charge in [-0.3, -0.25) is 0 Å². The Morgan fingerprint density at radius 1 is 1.37 bits per heavy atom. The first-order valence-corrected chi connectivity index (χ1v) is 6.27. The lowest BCUT2D eigenvalue weighted by molar-refractivity contribution is -0.147. The summed E-state index contributed by atoms with van der Waals surface area (Å²) >= 11 is 0. The van der Waals surface area contributed by atoms with E-state index in [1.807, 2.05) is 19.9 Å². The molecule has 0 aromatic rings. The second-order valence-electron chi connectivity index (χ2n) is 5.45. The number of rotatable bonds is 6. The fourth-order valence-corrected chi connectivity index (χ4v) is 1.49. The summed E-state index contributed by atoms with van der Waals surface area (Å²) in [6, 6.07) is 1.63. The van der Waals surface area contributed by atoms with Crippen molar-refractivity contribution < 1.29 is 14.7 Å². The molecule has 0 aromatic heterocycles. The highest BCUT2D eigenvalue weighted by Gasteiger charge is 2.37. The minimum Gasteiger partial charge on any atom is -0.480 e. The minimum absolute atomic E-state index is 0.236. The number of hydrogen-bond acceptors (Lipinski definition) is 3. The van der Waals surface area contributed by atoms with Gasteiger partial charge in [0.15, 0.2) is 0 Å². The van der Waals surface area contributed by atoms with Crippen molar-refractivity contribution in [1.82, 2.24) is 9.80 Å². The molecular weight excluding hydrogens is 246 g/mol. The van der Waals surface area contributed by atoms with Crippen molar-refractivity contribution in [2.75, 3.05) is 20.1 Å². The monoisotopic (exact) mass is 269 g/mol. The van der Waals surface area contributed by atoms with Gasteiger partial charge in [-0.15, -0.1) is 0 Å². The lowest BCUT2D eigenvalue weighted by Gasteiger charge is -2.36. The van der Waals surface area contributed by atoms with E-state index in [1.54, 1.807) is 0 Å². The molecule has 2 amide bonds. The van der Waals surface area contributed by atoms with Crippen molar-refractivity contribution in [3.8, 4) is 6.07 Å². The van der Waals surface area contributed by atoms with Gasteiger partial charge < -0.3 is 14.9 Å². The molecule has 0 unspecified atom stereocenters. The number of carbonyl (C=O) groups is 2. The molecule has 108 valence electrons. The van der Waals surface area contributed by atoms with Crippen LogP contribution in [0.2, 0.25) is 0 Å². The van der Waals surface area contributed by atoms with Crippen LogP contribution in [0.1, 0.15) is 34.1 Å². The SMILES string of the molecule is CC(C)CN(CCC#N)C(=O)N(C)C(C)(C)C(=O)O. The van der Waals surface area contributed by atoms with Crippen LogP contribution >= 0.6 is 0 Å². The van der Waals surface area contributed by atoms with Crippen LogP contribution in [0.4, 0.5) is 4.79 Å². The molecule has 0 aliphatic carbocycles. The van der Waals surface area contributed by atoms with E-state index < -0.39 is 11.5 Å². The molecule has 19 heavy (non-hydrogen) atoms. The summed E-state index contributed by atoms with van der Waals surface area (Å²) in [5.74, 6) is -0.808. The number of amides is 2. The van der Waals surface area contributed by atoms with Crippen LogP contribution in [0.25, 0.3) is 0 Å². The molecule has 0 saturated heterocycles. The molecule has 0 rings (SSSR count). The third kappa shape index (κ3) is 4.78. The van der Waals surface area contributed by atoms with Crippen LogP contribution in [0, 0.1) is 17.2 Å². The summed E-state index contributed by atoms with van der Waals surface area (Å²) < 4.78 is 0. The number of hydrogen-bond donors (Lipinski definition) is 1. The van der Waals surface area contributed by atoms with Gasteiger partial charge in [-0.05, 0) is 19.8 Å². The van der Waals surface area contributed by atoms with E-state index in [0.29, 0.717) is 13.1 Å². The Labute approximate surface area is 114 Å². The maximum Gasteiger partial charge on any atom is 0.329 e. The van der Waals surface area contributed by atoms with Gasteiger partial charge in [0.25, 0.3) is 0 Å². The Bertz CT molecular complexity index is 372. The molecule has 0 aromatic carbocycles. The molecule has 0 heterocycles. The van der Waals surface area contributed by atoms with E-state index in [1.165, 1.54) is 30.7 Å². The van der Waals surface area contributed by atoms with Gasteiger partial charge in [0.05, 0.1) is 12.5 Å². The van der Waals surface area contributed by atoms with Crippen molar-refractivity contribution >= 4 is 12.0 Å². The second kappa shape index (κ2) is 6.98. The van der Waals surface area contributed by atoms with Crippen LogP contribution in [0.15, 0.2) is 0 Å². The van der Waals surface area contributed by atoms with Crippen molar-refractivity contribution in [2.45, 2.75) is 39.7 Å². The van der Waals surface area contributed by atoms with Crippen LogP contribution in [-0.2, 0) is 4.79 Å². The van der Waals surface area contributed by atoms with E-state index in [2.05, 4.69) is 0 Å². The van der Waals surface area contributed by atoms with Crippen LogP contribution < -0.4 is 0 Å². The topological polar surface area (TPSA) is 84.6 Å². The number of carboxylic acid groups (broad SMARTS) is 1. The van der Waals surface area contributed by atoms with Crippen molar-refractivity contribution in [3.63, 3.8) is 0 Å². The summed E-state index contributed by atoms with van der Waals surface area (Å²) in [5.41, 5.74) is -1.28. The van der Waals surface area contributed by atoms with Crippen molar-refractivity contribution in [1.29, 1.82) is 5.26 Å². The largest absolute Gasteiger partial charge is 0.480 e. The first kappa shape index (κ1) is 17.2. The Morgan fingerprint density at radius 3 is 2.26 bits per heavy atom. The number of nitrogens with zero attached hydrogens (tertiary/aromatic N) is 3. The molecule has 0 aliphatic heterocycles. The van der Waals surface area contributed by atoms with Gasteiger partial charge >= 0.3 is 12.0 Å². The van der Waals surface area contributed by atoms with Gasteiger partial charge in [-0.2, -0.15) is 5.26 Å². The summed E-state index contributed by atoms with van der Waals surface area (Å²) in [6.07, 6.45) is 0.236. The standard InChI is InChI=1S/C13H23N3O3/c1-10(2)9-16(8-6-7-14)12(19)15(5)13(3,4)11(17)18/h10H,6,8-9H2,1-5H3,(H,17,18). The average molecular weight is 269 g/mol. The lowest BCUT2D eigenvalue weighted by atomic mass is 10.0. The zero-order valence-corrected chi connectivity index (χ0v) is 12.3. The molecule has 0 spiro atoms. The third-order valence-electron chi connectivity index (χ3n) is 3.00. The summed E-state index contributed by atoms with van der Waals surface area (Å²) in [6.45, 7) is 7.70. The molecule has 0 radical (unpaired) electrons. The van der Waals surface area contributed by atoms with Gasteiger partial charge in [0, 0.05) is 20.1 Å². The number of carbonyl (C=O) groups excluding carboxylic acids is 1. The summed E-state index contributed by atoms with van der Waals surface area (Å²) in [7, 11) is 1.47. The normalized spacial score (nSPS) is 11.0. The molecule has 0 saturated carbocycles. The number of carboxylic acids is 1. The average Bonchev–Trinajstić information content (AvgIpc) is 2.31. The highest BCUT2D eigenvalue weighted by molar-refractivity contribution is 5.85. The molecular formula is C13H23N3O3. The van der Waals surface area contributed by atoms with E-state index in [-0.39, 0.29) is 18.4 Å². The molecule has 0 atom stereocenters. The Kier molecular flexibility index (Phi) is 6.33. The summed E-state index contributed by atoms with van der Waals surface area (Å²) in [5, 5.41) is 17.8. The van der Waals surface area contributed by atoms with E-state index in [4.69, 9.17) is 10.4 Å². The molecule has 0 bridgehead atoms. The predicted octanol–water partition coefficient (Wildman–Crippen LogP) is 1.77. The lowest BCUT2D eigenvalue weighted by Crippen LogP contribution is -2.55. The predicted molar refractivity (Wildman–Crippen MR) is 71.5 cm³/mol. The van der Waals surface area contributed by atoms with Gasteiger partial charge in [0.2, 0.25) is 0 Å². The van der Waals surface area contributed by atoms with Gasteiger partial charge in [-0.25, -0.2) is 9.59 Å². The van der Waals surface area contributed by atoms with Crippen molar-refractivity contribution in [3.05, 3.63) is 0 Å². The minimum atomic E-state index is -1.28. The number of urea groups is 1. The van der Waals surface area contributed by atoms with Gasteiger partial charge in [0.1, 0.15) is 5.54 Å². The zero-order valence-electron chi connectivity index (χ0n) is 12.3. The van der Waals surface area contributed by atoms with E-state index in [0.717, 1.165) is 0 Å². The maximum absolute atomic E-state index is 12.3. The number of nitriles is 1. The van der Waals surface area contributed by atoms with Crippen LogP contribution in [0.3, 0.4) is 0 Å². The Balaban J connectivity index is 4.98. The highest BCUT2D eigenvalue weighted by Crippen LogP contribution is 2.16. The Hall–Kier alpha value is -1.77. The fourth-order valence-electron chi connectivity index (χ4n) is 1.49.